The predicted octanol–water partition coefficient (Wildman–Crippen LogP) is 4.43. The second-order valence-corrected chi connectivity index (χ2v) is 6.54. The quantitative estimate of drug-likeness (QED) is 0.712. The number of hydrogen-bond acceptors (Lipinski definition) is 4. The van der Waals surface area contributed by atoms with Crippen LogP contribution in [0.2, 0.25) is 5.02 Å². The number of nitrogens with one attached hydrogen (secondary N) is 1. The van der Waals surface area contributed by atoms with E-state index in [1.165, 1.54) is 0 Å². The Labute approximate surface area is 153 Å². The molecule has 3 rings (SSSR count). The molecule has 5 heteroatoms. The highest BCUT2D eigenvalue weighted by Crippen LogP contribution is 2.27. The molecule has 3 aromatic rings. The zero-order valence-corrected chi connectivity index (χ0v) is 15.2. The third kappa shape index (κ3) is 4.78. The van der Waals surface area contributed by atoms with Gasteiger partial charge in [0.1, 0.15) is 0 Å². The Morgan fingerprint density at radius 2 is 1.88 bits per heavy atom. The molecule has 1 N–H and O–H groups in total. The first kappa shape index (κ1) is 17.4. The number of halogens is 1. The van der Waals surface area contributed by atoms with Crippen molar-refractivity contribution in [3.05, 3.63) is 65.1 Å². The first-order chi connectivity index (χ1) is 12.1. The smallest absolute Gasteiger partial charge is 0.0731 e. The molecule has 0 aliphatic heterocycles. The fourth-order valence-electron chi connectivity index (χ4n) is 2.52. The van der Waals surface area contributed by atoms with Gasteiger partial charge in [0.15, 0.2) is 0 Å². The van der Waals surface area contributed by atoms with Crippen molar-refractivity contribution in [3.8, 4) is 0 Å². The standard InChI is InChI=1S/C20H21ClN4/c1-25(2)12-11-23-20-14-17(5-3-15-7-9-22-10-8-15)24-19-6-4-16(21)13-18(19)20/h3-10,13-14H,11-12H2,1-2H3,(H,23,24)/b5-3+. The lowest BCUT2D eigenvalue weighted by atomic mass is 10.1. The van der Waals surface area contributed by atoms with Gasteiger partial charge in [-0.05, 0) is 62.1 Å². The minimum absolute atomic E-state index is 0.713. The van der Waals surface area contributed by atoms with Gasteiger partial charge in [0, 0.05) is 41.6 Å². The average molecular weight is 353 g/mol. The summed E-state index contributed by atoms with van der Waals surface area (Å²) in [5, 5.41) is 5.25. The van der Waals surface area contributed by atoms with E-state index in [1.807, 2.05) is 42.5 Å². The molecule has 4 nitrogen and oxygen atoms in total. The predicted molar refractivity (Wildman–Crippen MR) is 107 cm³/mol. The van der Waals surface area contributed by atoms with E-state index in [4.69, 9.17) is 16.6 Å². The van der Waals surface area contributed by atoms with Crippen molar-refractivity contribution in [2.75, 3.05) is 32.5 Å². The van der Waals surface area contributed by atoms with E-state index in [1.54, 1.807) is 12.4 Å². The van der Waals surface area contributed by atoms with Gasteiger partial charge < -0.3 is 10.2 Å². The van der Waals surface area contributed by atoms with Crippen molar-refractivity contribution >= 4 is 40.3 Å². The highest BCUT2D eigenvalue weighted by Gasteiger charge is 2.06. The lowest BCUT2D eigenvalue weighted by Gasteiger charge is -2.14. The molecule has 2 aromatic heterocycles. The number of fused-ring (bicyclic) bond motifs is 1. The average Bonchev–Trinajstić information content (AvgIpc) is 2.61. The molecule has 0 radical (unpaired) electrons. The number of anilines is 1. The molecule has 0 spiro atoms. The van der Waals surface area contributed by atoms with Crippen molar-refractivity contribution in [1.82, 2.24) is 14.9 Å². The zero-order chi connectivity index (χ0) is 17.6. The van der Waals surface area contributed by atoms with Crippen LogP contribution in [0.5, 0.6) is 0 Å². The highest BCUT2D eigenvalue weighted by atomic mass is 35.5. The van der Waals surface area contributed by atoms with E-state index in [0.29, 0.717) is 5.02 Å². The molecule has 0 amide bonds. The van der Waals surface area contributed by atoms with Crippen molar-refractivity contribution in [2.45, 2.75) is 0 Å². The van der Waals surface area contributed by atoms with Gasteiger partial charge in [-0.25, -0.2) is 4.98 Å². The number of benzene rings is 1. The summed E-state index contributed by atoms with van der Waals surface area (Å²) < 4.78 is 0. The Morgan fingerprint density at radius 1 is 1.08 bits per heavy atom. The maximum absolute atomic E-state index is 6.17. The van der Waals surface area contributed by atoms with Gasteiger partial charge in [0.25, 0.3) is 0 Å². The summed E-state index contributed by atoms with van der Waals surface area (Å²) in [6.07, 6.45) is 7.61. The number of nitrogens with zero attached hydrogens (tertiary/aromatic N) is 3. The van der Waals surface area contributed by atoms with E-state index in [9.17, 15) is 0 Å². The molecule has 128 valence electrons. The third-order valence-electron chi connectivity index (χ3n) is 3.82. The Hall–Kier alpha value is -2.43. The summed E-state index contributed by atoms with van der Waals surface area (Å²) in [6.45, 7) is 1.80. The van der Waals surface area contributed by atoms with Crippen molar-refractivity contribution in [2.24, 2.45) is 0 Å². The van der Waals surface area contributed by atoms with Crippen LogP contribution in [-0.2, 0) is 0 Å². The van der Waals surface area contributed by atoms with Crippen LogP contribution in [-0.4, -0.2) is 42.1 Å². The normalized spacial score (nSPS) is 11.5. The molecular formula is C20H21ClN4. The topological polar surface area (TPSA) is 41.0 Å². The lowest BCUT2D eigenvalue weighted by Crippen LogP contribution is -2.20. The Morgan fingerprint density at radius 3 is 2.64 bits per heavy atom. The molecule has 0 atom stereocenters. The fourth-order valence-corrected chi connectivity index (χ4v) is 2.69. The van der Waals surface area contributed by atoms with Gasteiger partial charge in [0.2, 0.25) is 0 Å². The first-order valence-electron chi connectivity index (χ1n) is 8.19. The second-order valence-electron chi connectivity index (χ2n) is 6.10. The van der Waals surface area contributed by atoms with Crippen LogP contribution in [0, 0.1) is 0 Å². The Balaban J connectivity index is 1.93. The zero-order valence-electron chi connectivity index (χ0n) is 14.4. The summed E-state index contributed by atoms with van der Waals surface area (Å²) >= 11 is 6.17. The molecule has 25 heavy (non-hydrogen) atoms. The maximum atomic E-state index is 6.17. The van der Waals surface area contributed by atoms with Crippen molar-refractivity contribution in [1.29, 1.82) is 0 Å². The van der Waals surface area contributed by atoms with Crippen molar-refractivity contribution < 1.29 is 0 Å². The van der Waals surface area contributed by atoms with Crippen LogP contribution in [0.3, 0.4) is 0 Å². The molecule has 0 fully saturated rings. The van der Waals surface area contributed by atoms with Gasteiger partial charge >= 0.3 is 0 Å². The minimum Gasteiger partial charge on any atom is -0.383 e. The molecule has 1 aromatic carbocycles. The number of likely N-dealkylation sites (N-methyl/N-ethyl adjacent to an activating group) is 1. The summed E-state index contributed by atoms with van der Waals surface area (Å²) in [4.78, 5) is 10.9. The van der Waals surface area contributed by atoms with Gasteiger partial charge in [-0.1, -0.05) is 17.7 Å². The van der Waals surface area contributed by atoms with E-state index in [2.05, 4.69) is 35.4 Å². The van der Waals surface area contributed by atoms with Crippen LogP contribution < -0.4 is 5.32 Å². The third-order valence-corrected chi connectivity index (χ3v) is 4.05. The van der Waals surface area contributed by atoms with Crippen LogP contribution in [0.25, 0.3) is 23.1 Å². The molecule has 0 saturated heterocycles. The summed E-state index contributed by atoms with van der Waals surface area (Å²) in [5.74, 6) is 0. The van der Waals surface area contributed by atoms with Gasteiger partial charge in [-0.2, -0.15) is 0 Å². The first-order valence-corrected chi connectivity index (χ1v) is 8.56. The number of rotatable bonds is 6. The molecular weight excluding hydrogens is 332 g/mol. The summed E-state index contributed by atoms with van der Waals surface area (Å²) in [6, 6.07) is 11.8. The van der Waals surface area contributed by atoms with Crippen LogP contribution in [0.15, 0.2) is 48.8 Å². The second kappa shape index (κ2) is 8.10. The van der Waals surface area contributed by atoms with Crippen LogP contribution in [0.1, 0.15) is 11.3 Å². The largest absolute Gasteiger partial charge is 0.383 e. The fraction of sp³-hybridized carbons (Fsp3) is 0.200. The monoisotopic (exact) mass is 352 g/mol. The van der Waals surface area contributed by atoms with E-state index in [0.717, 1.165) is 40.9 Å². The molecule has 0 aliphatic rings. The molecule has 0 unspecified atom stereocenters. The van der Waals surface area contributed by atoms with E-state index < -0.39 is 0 Å². The highest BCUT2D eigenvalue weighted by molar-refractivity contribution is 6.31. The number of hydrogen-bond donors (Lipinski definition) is 1. The van der Waals surface area contributed by atoms with Crippen molar-refractivity contribution in [3.63, 3.8) is 0 Å². The molecule has 0 saturated carbocycles. The Kier molecular flexibility index (Phi) is 5.64. The van der Waals surface area contributed by atoms with Gasteiger partial charge in [-0.15, -0.1) is 0 Å². The maximum Gasteiger partial charge on any atom is 0.0731 e. The van der Waals surface area contributed by atoms with E-state index in [-0.39, 0.29) is 0 Å². The van der Waals surface area contributed by atoms with Gasteiger partial charge in [-0.3, -0.25) is 4.98 Å². The minimum atomic E-state index is 0.713. The molecule has 0 bridgehead atoms. The summed E-state index contributed by atoms with van der Waals surface area (Å²) in [5.41, 5.74) is 3.96. The lowest BCUT2D eigenvalue weighted by molar-refractivity contribution is 0.425. The Bertz CT molecular complexity index is 876. The van der Waals surface area contributed by atoms with Crippen LogP contribution in [0.4, 0.5) is 5.69 Å². The number of pyridine rings is 2. The van der Waals surface area contributed by atoms with E-state index >= 15 is 0 Å². The summed E-state index contributed by atoms with van der Waals surface area (Å²) in [7, 11) is 4.12. The van der Waals surface area contributed by atoms with Gasteiger partial charge in [0.05, 0.1) is 11.2 Å². The molecule has 0 aliphatic carbocycles. The number of aromatic nitrogens is 2. The van der Waals surface area contributed by atoms with Crippen LogP contribution >= 0.6 is 11.6 Å². The SMILES string of the molecule is CN(C)CCNc1cc(/C=C/c2ccncc2)nc2ccc(Cl)cc12. The molecule has 2 heterocycles.